The van der Waals surface area contributed by atoms with Crippen LogP contribution >= 0.6 is 0 Å². The van der Waals surface area contributed by atoms with Crippen molar-refractivity contribution in [2.24, 2.45) is 0 Å². The first-order valence-corrected chi connectivity index (χ1v) is 4.71. The van der Waals surface area contributed by atoms with Crippen LogP contribution in [0.25, 0.3) is 0 Å². The highest BCUT2D eigenvalue weighted by molar-refractivity contribution is 4.72. The summed E-state index contributed by atoms with van der Waals surface area (Å²) in [6.07, 6.45) is 5.91. The van der Waals surface area contributed by atoms with Crippen LogP contribution in [0.4, 0.5) is 0 Å². The molecule has 0 saturated heterocycles. The molecule has 0 saturated carbocycles. The van der Waals surface area contributed by atoms with Crippen LogP contribution in [0, 0.1) is 0 Å². The van der Waals surface area contributed by atoms with Crippen molar-refractivity contribution < 1.29 is 5.11 Å². The van der Waals surface area contributed by atoms with Crippen LogP contribution in [-0.2, 0) is 0 Å². The third-order valence-corrected chi connectivity index (χ3v) is 1.99. The van der Waals surface area contributed by atoms with Crippen LogP contribution < -0.4 is 0 Å². The van der Waals surface area contributed by atoms with E-state index in [-0.39, 0.29) is 6.23 Å². The highest BCUT2D eigenvalue weighted by atomic mass is 16.3. The topological polar surface area (TPSA) is 23.5 Å². The van der Waals surface area contributed by atoms with Gasteiger partial charge in [-0.3, -0.25) is 4.90 Å². The molecule has 0 aromatic carbocycles. The molecule has 72 valence electrons. The summed E-state index contributed by atoms with van der Waals surface area (Å²) in [7, 11) is 1.91. The molecule has 0 aliphatic heterocycles. The van der Waals surface area contributed by atoms with E-state index in [9.17, 15) is 5.11 Å². The Hall–Kier alpha value is -0.340. The quantitative estimate of drug-likeness (QED) is 0.360. The molecular formula is C10H21NO. The van der Waals surface area contributed by atoms with Crippen molar-refractivity contribution in [1.29, 1.82) is 0 Å². The number of aliphatic hydroxyl groups excluding tert-OH is 1. The average molecular weight is 171 g/mol. The molecule has 0 heterocycles. The molecule has 0 aliphatic rings. The lowest BCUT2D eigenvalue weighted by molar-refractivity contribution is 0.0215. The smallest absolute Gasteiger partial charge is 0.107 e. The van der Waals surface area contributed by atoms with Crippen molar-refractivity contribution >= 4 is 0 Å². The Balaban J connectivity index is 3.41. The average Bonchev–Trinajstić information content (AvgIpc) is 2.05. The van der Waals surface area contributed by atoms with Crippen LogP contribution in [-0.4, -0.2) is 29.8 Å². The molecule has 0 radical (unpaired) electrons. The molecule has 0 fully saturated rings. The Morgan fingerprint density at radius 3 is 2.67 bits per heavy atom. The molecule has 0 rings (SSSR count). The van der Waals surface area contributed by atoms with Crippen LogP contribution in [0.2, 0.25) is 0 Å². The summed E-state index contributed by atoms with van der Waals surface area (Å²) in [5.74, 6) is 0. The number of hydrogen-bond donors (Lipinski definition) is 1. The van der Waals surface area contributed by atoms with E-state index in [1.165, 1.54) is 12.8 Å². The molecule has 2 nitrogen and oxygen atoms in total. The van der Waals surface area contributed by atoms with Crippen LogP contribution in [0.5, 0.6) is 0 Å². The highest BCUT2D eigenvalue weighted by Gasteiger charge is 2.07. The maximum absolute atomic E-state index is 9.55. The molecule has 0 aliphatic carbocycles. The van der Waals surface area contributed by atoms with Gasteiger partial charge in [-0.15, -0.1) is 6.58 Å². The van der Waals surface area contributed by atoms with E-state index in [0.29, 0.717) is 0 Å². The molecule has 1 atom stereocenters. The zero-order chi connectivity index (χ0) is 9.40. The summed E-state index contributed by atoms with van der Waals surface area (Å²) in [4.78, 5) is 1.91. The number of rotatable bonds is 7. The number of nitrogens with zero attached hydrogens (tertiary/aromatic N) is 1. The standard InChI is InChI=1S/C10H21NO/c1-4-6-7-8-10(12)11(3)9-5-2/h5,10,12H,2,4,6-9H2,1,3H3. The Bertz CT molecular complexity index is 114. The van der Waals surface area contributed by atoms with Gasteiger partial charge in [0.25, 0.3) is 0 Å². The monoisotopic (exact) mass is 171 g/mol. The van der Waals surface area contributed by atoms with Gasteiger partial charge in [0.15, 0.2) is 0 Å². The number of aliphatic hydroxyl groups is 1. The lowest BCUT2D eigenvalue weighted by Gasteiger charge is -2.21. The van der Waals surface area contributed by atoms with E-state index in [1.54, 1.807) is 0 Å². The van der Waals surface area contributed by atoms with Crippen molar-refractivity contribution in [3.8, 4) is 0 Å². The molecule has 0 aromatic heterocycles. The first kappa shape index (κ1) is 11.7. The maximum Gasteiger partial charge on any atom is 0.107 e. The van der Waals surface area contributed by atoms with Gasteiger partial charge >= 0.3 is 0 Å². The fourth-order valence-corrected chi connectivity index (χ4v) is 1.12. The van der Waals surface area contributed by atoms with E-state index in [2.05, 4.69) is 13.5 Å². The lowest BCUT2D eigenvalue weighted by Crippen LogP contribution is -2.31. The first-order valence-electron chi connectivity index (χ1n) is 4.71. The maximum atomic E-state index is 9.55. The second-order valence-electron chi connectivity index (χ2n) is 3.20. The molecule has 12 heavy (non-hydrogen) atoms. The van der Waals surface area contributed by atoms with Gasteiger partial charge in [-0.05, 0) is 19.9 Å². The van der Waals surface area contributed by atoms with E-state index in [1.807, 2.05) is 18.0 Å². The summed E-state index contributed by atoms with van der Waals surface area (Å²) in [5.41, 5.74) is 0. The second-order valence-corrected chi connectivity index (χ2v) is 3.20. The first-order chi connectivity index (χ1) is 5.72. The molecule has 1 N–H and O–H groups in total. The third-order valence-electron chi connectivity index (χ3n) is 1.99. The predicted octanol–water partition coefficient (Wildman–Crippen LogP) is 2.00. The summed E-state index contributed by atoms with van der Waals surface area (Å²) >= 11 is 0. The van der Waals surface area contributed by atoms with Crippen molar-refractivity contribution in [1.82, 2.24) is 4.90 Å². The largest absolute Gasteiger partial charge is 0.378 e. The second kappa shape index (κ2) is 7.32. The van der Waals surface area contributed by atoms with E-state index in [0.717, 1.165) is 19.4 Å². The zero-order valence-electron chi connectivity index (χ0n) is 8.29. The molecule has 1 unspecified atom stereocenters. The van der Waals surface area contributed by atoms with Gasteiger partial charge in [0, 0.05) is 6.54 Å². The minimum Gasteiger partial charge on any atom is -0.378 e. The Morgan fingerprint density at radius 2 is 2.17 bits per heavy atom. The predicted molar refractivity (Wildman–Crippen MR) is 53.0 cm³/mol. The summed E-state index contributed by atoms with van der Waals surface area (Å²) < 4.78 is 0. The van der Waals surface area contributed by atoms with Crippen molar-refractivity contribution in [2.45, 2.75) is 38.8 Å². The Kier molecular flexibility index (Phi) is 7.11. The Labute approximate surface area is 75.9 Å². The van der Waals surface area contributed by atoms with E-state index >= 15 is 0 Å². The van der Waals surface area contributed by atoms with Gasteiger partial charge in [-0.1, -0.05) is 25.8 Å². The molecule has 0 aromatic rings. The van der Waals surface area contributed by atoms with E-state index in [4.69, 9.17) is 0 Å². The zero-order valence-corrected chi connectivity index (χ0v) is 8.29. The number of unbranched alkanes of at least 4 members (excludes halogenated alkanes) is 2. The summed E-state index contributed by atoms with van der Waals surface area (Å²) in [6.45, 7) is 6.55. The fourth-order valence-electron chi connectivity index (χ4n) is 1.12. The van der Waals surface area contributed by atoms with Crippen LogP contribution in [0.3, 0.4) is 0 Å². The van der Waals surface area contributed by atoms with Gasteiger partial charge in [-0.2, -0.15) is 0 Å². The van der Waals surface area contributed by atoms with Gasteiger partial charge in [0.05, 0.1) is 0 Å². The van der Waals surface area contributed by atoms with Gasteiger partial charge < -0.3 is 5.11 Å². The normalized spacial score (nSPS) is 13.3. The van der Waals surface area contributed by atoms with Gasteiger partial charge in [-0.25, -0.2) is 0 Å². The molecular weight excluding hydrogens is 150 g/mol. The van der Waals surface area contributed by atoms with Crippen molar-refractivity contribution in [3.63, 3.8) is 0 Å². The van der Waals surface area contributed by atoms with Crippen molar-refractivity contribution in [3.05, 3.63) is 12.7 Å². The minimum atomic E-state index is -0.297. The van der Waals surface area contributed by atoms with Crippen molar-refractivity contribution in [2.75, 3.05) is 13.6 Å². The fraction of sp³-hybridized carbons (Fsp3) is 0.800. The van der Waals surface area contributed by atoms with Crippen LogP contribution in [0.15, 0.2) is 12.7 Å². The van der Waals surface area contributed by atoms with Crippen LogP contribution in [0.1, 0.15) is 32.6 Å². The summed E-state index contributed by atoms with van der Waals surface area (Å²) in [6, 6.07) is 0. The highest BCUT2D eigenvalue weighted by Crippen LogP contribution is 2.05. The minimum absolute atomic E-state index is 0.297. The SMILES string of the molecule is C=CCN(C)C(O)CCCCC. The lowest BCUT2D eigenvalue weighted by atomic mass is 10.2. The molecule has 0 amide bonds. The third kappa shape index (κ3) is 5.33. The number of hydrogen-bond acceptors (Lipinski definition) is 2. The molecule has 0 spiro atoms. The Morgan fingerprint density at radius 1 is 1.50 bits per heavy atom. The number of likely N-dealkylation sites (N-methyl/N-ethyl adjacent to an activating group) is 1. The van der Waals surface area contributed by atoms with Gasteiger partial charge in [0.1, 0.15) is 6.23 Å². The van der Waals surface area contributed by atoms with E-state index < -0.39 is 0 Å². The molecule has 2 heteroatoms. The molecule has 0 bridgehead atoms. The van der Waals surface area contributed by atoms with Gasteiger partial charge in [0.2, 0.25) is 0 Å². The summed E-state index contributed by atoms with van der Waals surface area (Å²) in [5, 5.41) is 9.55.